The maximum Gasteiger partial charge on any atom is 0.407 e. The molecule has 1 amide bonds. The Hall–Kier alpha value is -0.770. The number of amides is 1. The van der Waals surface area contributed by atoms with Crippen molar-refractivity contribution in [3.05, 3.63) is 0 Å². The minimum atomic E-state index is -0.451. The first-order valence-electron chi connectivity index (χ1n) is 9.15. The Labute approximate surface area is 140 Å². The molecule has 23 heavy (non-hydrogen) atoms. The molecule has 4 heteroatoms. The first-order valence-corrected chi connectivity index (χ1v) is 9.15. The van der Waals surface area contributed by atoms with Crippen LogP contribution in [0.4, 0.5) is 4.79 Å². The molecule has 3 rings (SSSR count). The molecule has 132 valence electrons. The first kappa shape index (κ1) is 17.1. The van der Waals surface area contributed by atoms with Gasteiger partial charge in [0.2, 0.25) is 0 Å². The molecule has 1 spiro atoms. The van der Waals surface area contributed by atoms with E-state index in [0.29, 0.717) is 5.92 Å². The molecule has 2 aliphatic carbocycles. The van der Waals surface area contributed by atoms with Crippen LogP contribution in [0.1, 0.15) is 80.1 Å². The van der Waals surface area contributed by atoms with Gasteiger partial charge in [-0.25, -0.2) is 4.79 Å². The van der Waals surface area contributed by atoms with Crippen LogP contribution < -0.4 is 5.32 Å². The lowest BCUT2D eigenvalue weighted by atomic mass is 9.55. The second-order valence-corrected chi connectivity index (χ2v) is 9.79. The summed E-state index contributed by atoms with van der Waals surface area (Å²) in [5.74, 6) is 0.649. The number of hydrogen-bond donors (Lipinski definition) is 1. The van der Waals surface area contributed by atoms with Crippen molar-refractivity contribution in [3.63, 3.8) is 0 Å². The van der Waals surface area contributed by atoms with Gasteiger partial charge >= 0.3 is 6.09 Å². The number of fused-ring (bicyclic) bond motifs is 1. The predicted molar refractivity (Wildman–Crippen MR) is 90.4 cm³/mol. The standard InChI is InChI=1S/C19H33NO3/c1-16(2,3)22-15(21)20-14-8-10-18(6)9-7-13-11-19(18,12-14)23-17(13,4)5/h13-14H,7-12H2,1-6H3,(H,20,21)/t13?,14-,18-,19+/m1/s1. The zero-order valence-electron chi connectivity index (χ0n) is 15.6. The molecule has 2 bridgehead atoms. The van der Waals surface area contributed by atoms with Gasteiger partial charge in [0.05, 0.1) is 11.2 Å². The largest absolute Gasteiger partial charge is 0.444 e. The molecule has 1 N–H and O–H groups in total. The van der Waals surface area contributed by atoms with Crippen molar-refractivity contribution in [2.45, 2.75) is 103 Å². The average Bonchev–Trinajstić information content (AvgIpc) is 2.57. The fourth-order valence-electron chi connectivity index (χ4n) is 5.13. The van der Waals surface area contributed by atoms with Crippen LogP contribution in [0, 0.1) is 11.3 Å². The predicted octanol–water partition coefficient (Wildman–Crippen LogP) is 4.42. The Kier molecular flexibility index (Phi) is 3.79. The van der Waals surface area contributed by atoms with Crippen molar-refractivity contribution in [3.8, 4) is 0 Å². The number of rotatable bonds is 1. The Morgan fingerprint density at radius 1 is 1.13 bits per heavy atom. The van der Waals surface area contributed by atoms with Gasteiger partial charge < -0.3 is 14.8 Å². The van der Waals surface area contributed by atoms with Crippen LogP contribution in [-0.2, 0) is 9.47 Å². The number of ether oxygens (including phenoxy) is 2. The van der Waals surface area contributed by atoms with Gasteiger partial charge in [0, 0.05) is 6.04 Å². The number of alkyl carbamates (subject to hydrolysis) is 1. The molecule has 0 aromatic rings. The van der Waals surface area contributed by atoms with E-state index in [1.165, 1.54) is 12.8 Å². The van der Waals surface area contributed by atoms with Crippen molar-refractivity contribution in [1.29, 1.82) is 0 Å². The van der Waals surface area contributed by atoms with Crippen LogP contribution in [0.25, 0.3) is 0 Å². The first-order chi connectivity index (χ1) is 10.4. The summed E-state index contributed by atoms with van der Waals surface area (Å²) in [6, 6.07) is 0.158. The number of carbonyl (C=O) groups excluding carboxylic acids is 1. The topological polar surface area (TPSA) is 47.6 Å². The molecule has 0 aromatic heterocycles. The van der Waals surface area contributed by atoms with Gasteiger partial charge in [0.15, 0.2) is 0 Å². The fraction of sp³-hybridized carbons (Fsp3) is 0.947. The summed E-state index contributed by atoms with van der Waals surface area (Å²) in [5.41, 5.74) is -0.306. The molecule has 3 fully saturated rings. The molecule has 1 saturated heterocycles. The third-order valence-corrected chi connectivity index (χ3v) is 6.50. The van der Waals surface area contributed by atoms with Crippen LogP contribution in [0.3, 0.4) is 0 Å². The summed E-state index contributed by atoms with van der Waals surface area (Å²) < 4.78 is 12.1. The van der Waals surface area contributed by atoms with Crippen molar-refractivity contribution in [2.75, 3.05) is 0 Å². The average molecular weight is 323 g/mol. The Morgan fingerprint density at radius 3 is 2.43 bits per heavy atom. The molecule has 1 aliphatic heterocycles. The van der Waals surface area contributed by atoms with Crippen molar-refractivity contribution >= 4 is 6.09 Å². The van der Waals surface area contributed by atoms with Gasteiger partial charge in [0.25, 0.3) is 0 Å². The van der Waals surface area contributed by atoms with E-state index in [4.69, 9.17) is 9.47 Å². The molecule has 4 atom stereocenters. The second-order valence-electron chi connectivity index (χ2n) is 9.79. The maximum absolute atomic E-state index is 12.1. The summed E-state index contributed by atoms with van der Waals surface area (Å²) in [6.45, 7) is 12.6. The van der Waals surface area contributed by atoms with Gasteiger partial charge in [0.1, 0.15) is 5.60 Å². The summed E-state index contributed by atoms with van der Waals surface area (Å²) in [4.78, 5) is 12.1. The molecule has 0 aromatic carbocycles. The molecule has 4 nitrogen and oxygen atoms in total. The molecule has 1 heterocycles. The van der Waals surface area contributed by atoms with E-state index in [-0.39, 0.29) is 28.8 Å². The van der Waals surface area contributed by atoms with E-state index in [9.17, 15) is 4.79 Å². The van der Waals surface area contributed by atoms with Gasteiger partial charge in [-0.1, -0.05) is 6.92 Å². The lowest BCUT2D eigenvalue weighted by Gasteiger charge is -2.53. The highest BCUT2D eigenvalue weighted by molar-refractivity contribution is 5.68. The van der Waals surface area contributed by atoms with Crippen molar-refractivity contribution in [2.24, 2.45) is 11.3 Å². The minimum Gasteiger partial charge on any atom is -0.444 e. The molecular weight excluding hydrogens is 290 g/mol. The zero-order chi connectivity index (χ0) is 17.1. The summed E-state index contributed by atoms with van der Waals surface area (Å²) >= 11 is 0. The van der Waals surface area contributed by atoms with Gasteiger partial charge in [-0.2, -0.15) is 0 Å². The van der Waals surface area contributed by atoms with Crippen LogP contribution in [0.2, 0.25) is 0 Å². The minimum absolute atomic E-state index is 0.0361. The fourth-order valence-corrected chi connectivity index (χ4v) is 5.13. The van der Waals surface area contributed by atoms with Crippen molar-refractivity contribution < 1.29 is 14.3 Å². The van der Waals surface area contributed by atoms with Crippen LogP contribution in [0.15, 0.2) is 0 Å². The van der Waals surface area contributed by atoms with E-state index >= 15 is 0 Å². The van der Waals surface area contributed by atoms with E-state index in [1.807, 2.05) is 20.8 Å². The monoisotopic (exact) mass is 323 g/mol. The number of carbonyl (C=O) groups is 1. The lowest BCUT2D eigenvalue weighted by molar-refractivity contribution is -0.171. The molecule has 1 unspecified atom stereocenters. The summed E-state index contributed by atoms with van der Waals surface area (Å²) in [5, 5.41) is 3.09. The van der Waals surface area contributed by atoms with E-state index in [0.717, 1.165) is 25.7 Å². The van der Waals surface area contributed by atoms with Crippen LogP contribution in [0.5, 0.6) is 0 Å². The highest BCUT2D eigenvalue weighted by Gasteiger charge is 2.64. The zero-order valence-corrected chi connectivity index (χ0v) is 15.6. The highest BCUT2D eigenvalue weighted by atomic mass is 16.6. The molecule has 0 radical (unpaired) electrons. The van der Waals surface area contributed by atoms with E-state index in [1.54, 1.807) is 0 Å². The number of nitrogens with one attached hydrogen (secondary N) is 1. The molecular formula is C19H33NO3. The van der Waals surface area contributed by atoms with Gasteiger partial charge in [-0.05, 0) is 84.5 Å². The Balaban J connectivity index is 1.72. The molecule has 3 aliphatic rings. The smallest absolute Gasteiger partial charge is 0.407 e. The normalized spacial score (nSPS) is 42.0. The third-order valence-electron chi connectivity index (χ3n) is 6.50. The van der Waals surface area contributed by atoms with Crippen LogP contribution >= 0.6 is 0 Å². The van der Waals surface area contributed by atoms with E-state index in [2.05, 4.69) is 26.1 Å². The second kappa shape index (κ2) is 5.11. The summed E-state index contributed by atoms with van der Waals surface area (Å²) in [6.07, 6.45) is 6.43. The SMILES string of the molecule is CC(C)(C)OC(=O)N[C@@H]1CC[C@@]2(C)CCC3C[C@@]2(C1)OC3(C)C. The summed E-state index contributed by atoms with van der Waals surface area (Å²) in [7, 11) is 0. The van der Waals surface area contributed by atoms with Crippen molar-refractivity contribution in [1.82, 2.24) is 5.32 Å². The highest BCUT2D eigenvalue weighted by Crippen LogP contribution is 2.63. The lowest BCUT2D eigenvalue weighted by Crippen LogP contribution is -2.57. The Morgan fingerprint density at radius 2 is 1.78 bits per heavy atom. The van der Waals surface area contributed by atoms with Gasteiger partial charge in [-0.15, -0.1) is 0 Å². The number of hydrogen-bond acceptors (Lipinski definition) is 3. The Bertz CT molecular complexity index is 495. The maximum atomic E-state index is 12.1. The van der Waals surface area contributed by atoms with Gasteiger partial charge in [-0.3, -0.25) is 0 Å². The quantitative estimate of drug-likeness (QED) is 0.777. The third kappa shape index (κ3) is 2.99. The molecule has 2 saturated carbocycles. The van der Waals surface area contributed by atoms with Crippen LogP contribution in [-0.4, -0.2) is 28.9 Å². The van der Waals surface area contributed by atoms with E-state index < -0.39 is 5.60 Å².